The quantitative estimate of drug-likeness (QED) is 0.668. The van der Waals surface area contributed by atoms with Crippen LogP contribution >= 0.6 is 11.3 Å². The van der Waals surface area contributed by atoms with E-state index in [0.29, 0.717) is 34.4 Å². The van der Waals surface area contributed by atoms with Crippen molar-refractivity contribution in [1.29, 1.82) is 0 Å². The van der Waals surface area contributed by atoms with Crippen molar-refractivity contribution in [3.63, 3.8) is 0 Å². The van der Waals surface area contributed by atoms with Gasteiger partial charge in [0.25, 0.3) is 5.91 Å². The van der Waals surface area contributed by atoms with Gasteiger partial charge in [-0.3, -0.25) is 14.9 Å². The van der Waals surface area contributed by atoms with E-state index in [4.69, 9.17) is 4.74 Å². The molecule has 0 saturated carbocycles. The van der Waals surface area contributed by atoms with Gasteiger partial charge in [-0.1, -0.05) is 11.3 Å². The number of nitrogens with zero attached hydrogens (tertiary/aromatic N) is 2. The number of carbonyl (C=O) groups excluding carboxylic acids is 2. The minimum Gasteiger partial charge on any atom is -0.377 e. The Labute approximate surface area is 173 Å². The fourth-order valence-corrected chi connectivity index (χ4v) is 5.14. The number of likely N-dealkylation sites (N-methyl/N-ethyl adjacent to an activating group) is 1. The van der Waals surface area contributed by atoms with Crippen LogP contribution in [0.4, 0.5) is 5.13 Å². The van der Waals surface area contributed by atoms with Gasteiger partial charge in [0.2, 0.25) is 10.0 Å². The number of carbonyl (C=O) groups is 2. The summed E-state index contributed by atoms with van der Waals surface area (Å²) in [5.41, 5.74) is 0.858. The zero-order valence-corrected chi connectivity index (χ0v) is 18.1. The van der Waals surface area contributed by atoms with Crippen molar-refractivity contribution in [2.24, 2.45) is 0 Å². The first-order chi connectivity index (χ1) is 13.7. The second-order valence-electron chi connectivity index (χ2n) is 6.89. The summed E-state index contributed by atoms with van der Waals surface area (Å²) in [6.07, 6.45) is 1.71. The van der Waals surface area contributed by atoms with Gasteiger partial charge in [0.05, 0.1) is 21.6 Å². The Hall–Kier alpha value is -2.14. The van der Waals surface area contributed by atoms with Gasteiger partial charge in [0, 0.05) is 32.7 Å². The van der Waals surface area contributed by atoms with E-state index in [1.165, 1.54) is 42.5 Å². The van der Waals surface area contributed by atoms with Crippen molar-refractivity contribution in [2.75, 3.05) is 25.5 Å². The Balaban J connectivity index is 1.69. The average Bonchev–Trinajstić information content (AvgIpc) is 3.31. The number of thiazole rings is 1. The maximum Gasteiger partial charge on any atom is 0.257 e. The molecule has 1 fully saturated rings. The molecule has 0 spiro atoms. The van der Waals surface area contributed by atoms with E-state index in [-0.39, 0.29) is 16.8 Å². The second-order valence-corrected chi connectivity index (χ2v) is 9.93. The van der Waals surface area contributed by atoms with Crippen LogP contribution in [-0.4, -0.2) is 55.7 Å². The Morgan fingerprint density at radius 3 is 2.55 bits per heavy atom. The van der Waals surface area contributed by atoms with Gasteiger partial charge in [0.1, 0.15) is 0 Å². The predicted molar refractivity (Wildman–Crippen MR) is 110 cm³/mol. The molecule has 1 unspecified atom stereocenters. The zero-order valence-electron chi connectivity index (χ0n) is 16.5. The lowest BCUT2D eigenvalue weighted by Gasteiger charge is -2.20. The molecule has 1 N–H and O–H groups in total. The highest BCUT2D eigenvalue weighted by Crippen LogP contribution is 2.24. The van der Waals surface area contributed by atoms with Gasteiger partial charge in [-0.2, -0.15) is 4.31 Å². The Kier molecular flexibility index (Phi) is 6.47. The molecular weight excluding hydrogens is 414 g/mol. The van der Waals surface area contributed by atoms with Gasteiger partial charge < -0.3 is 4.74 Å². The number of amides is 1. The molecule has 1 atom stereocenters. The van der Waals surface area contributed by atoms with Crippen LogP contribution in [0.3, 0.4) is 0 Å². The largest absolute Gasteiger partial charge is 0.377 e. The van der Waals surface area contributed by atoms with Gasteiger partial charge in [-0.15, -0.1) is 0 Å². The standard InChI is InChI=1S/C19H23N3O5S2/c1-12-17(13(2)23)28-19(20-12)21-18(24)14-6-8-16(9-7-14)29(25,26)22(3)11-15-5-4-10-27-15/h6-9,15H,4-5,10-11H2,1-3H3,(H,20,21,24). The molecular formula is C19H23N3O5S2. The first-order valence-electron chi connectivity index (χ1n) is 9.16. The monoisotopic (exact) mass is 437 g/mol. The maximum absolute atomic E-state index is 12.7. The van der Waals surface area contributed by atoms with Crippen LogP contribution in [0.25, 0.3) is 0 Å². The third-order valence-electron chi connectivity index (χ3n) is 4.65. The van der Waals surface area contributed by atoms with Crippen LogP contribution in [-0.2, 0) is 14.8 Å². The first-order valence-corrected chi connectivity index (χ1v) is 11.4. The number of hydrogen-bond donors (Lipinski definition) is 1. The van der Waals surface area contributed by atoms with E-state index >= 15 is 0 Å². The molecule has 1 aliphatic rings. The minimum atomic E-state index is -3.67. The molecule has 8 nitrogen and oxygen atoms in total. The highest BCUT2D eigenvalue weighted by molar-refractivity contribution is 7.89. The van der Waals surface area contributed by atoms with Gasteiger partial charge >= 0.3 is 0 Å². The molecule has 0 aliphatic carbocycles. The Bertz CT molecular complexity index is 1010. The fraction of sp³-hybridized carbons (Fsp3) is 0.421. The summed E-state index contributed by atoms with van der Waals surface area (Å²) in [5.74, 6) is -0.535. The Morgan fingerprint density at radius 1 is 1.31 bits per heavy atom. The third-order valence-corrected chi connectivity index (χ3v) is 7.66. The summed E-state index contributed by atoms with van der Waals surface area (Å²) in [6.45, 7) is 4.11. The summed E-state index contributed by atoms with van der Waals surface area (Å²) in [6, 6.07) is 5.72. The van der Waals surface area contributed by atoms with Gasteiger partial charge in [-0.05, 0) is 44.0 Å². The number of anilines is 1. The molecule has 1 aliphatic heterocycles. The van der Waals surface area contributed by atoms with Crippen LogP contribution in [0.5, 0.6) is 0 Å². The Morgan fingerprint density at radius 2 is 2.00 bits per heavy atom. The first kappa shape index (κ1) is 21.6. The minimum absolute atomic E-state index is 0.0820. The van der Waals surface area contributed by atoms with E-state index in [9.17, 15) is 18.0 Å². The average molecular weight is 438 g/mol. The lowest BCUT2D eigenvalue weighted by atomic mass is 10.2. The molecule has 1 saturated heterocycles. The number of benzene rings is 1. The van der Waals surface area contributed by atoms with Crippen LogP contribution in [0.15, 0.2) is 29.2 Å². The number of nitrogens with one attached hydrogen (secondary N) is 1. The fourth-order valence-electron chi connectivity index (χ4n) is 3.08. The van der Waals surface area contributed by atoms with E-state index in [1.54, 1.807) is 6.92 Å². The second kappa shape index (κ2) is 8.70. The maximum atomic E-state index is 12.7. The van der Waals surface area contributed by atoms with Crippen molar-refractivity contribution in [2.45, 2.75) is 37.7 Å². The zero-order chi connectivity index (χ0) is 21.2. The van der Waals surface area contributed by atoms with Gasteiger partial charge in [-0.25, -0.2) is 13.4 Å². The normalized spacial score (nSPS) is 16.9. The number of aromatic nitrogens is 1. The van der Waals surface area contributed by atoms with Crippen LogP contribution < -0.4 is 5.32 Å². The van der Waals surface area contributed by atoms with Gasteiger partial charge in [0.15, 0.2) is 10.9 Å². The molecule has 0 radical (unpaired) electrons. The van der Waals surface area contributed by atoms with Crippen LogP contribution in [0.1, 0.15) is 45.5 Å². The SMILES string of the molecule is CC(=O)c1sc(NC(=O)c2ccc(S(=O)(=O)N(C)CC3CCCO3)cc2)nc1C. The highest BCUT2D eigenvalue weighted by Gasteiger charge is 2.26. The molecule has 1 aromatic carbocycles. The van der Waals surface area contributed by atoms with E-state index in [0.717, 1.165) is 24.2 Å². The molecule has 156 valence electrons. The summed E-state index contributed by atoms with van der Waals surface area (Å²) < 4.78 is 32.2. The number of rotatable bonds is 7. The molecule has 2 heterocycles. The van der Waals surface area contributed by atoms with Crippen molar-refractivity contribution in [1.82, 2.24) is 9.29 Å². The summed E-state index contributed by atoms with van der Waals surface area (Å²) >= 11 is 1.11. The number of Topliss-reactive ketones (excluding diaryl/α,β-unsaturated/α-hetero) is 1. The predicted octanol–water partition coefficient (Wildman–Crippen LogP) is 2.71. The molecule has 2 aromatic rings. The van der Waals surface area contributed by atoms with Crippen molar-refractivity contribution in [3.8, 4) is 0 Å². The highest BCUT2D eigenvalue weighted by atomic mass is 32.2. The smallest absolute Gasteiger partial charge is 0.257 e. The van der Waals surface area contributed by atoms with Crippen molar-refractivity contribution >= 4 is 38.2 Å². The lowest BCUT2D eigenvalue weighted by Crippen LogP contribution is -2.34. The molecule has 3 rings (SSSR count). The number of ketones is 1. The summed E-state index contributed by atoms with van der Waals surface area (Å²) in [5, 5.41) is 2.97. The summed E-state index contributed by atoms with van der Waals surface area (Å²) in [4.78, 5) is 28.7. The van der Waals surface area contributed by atoms with Crippen LogP contribution in [0, 0.1) is 6.92 Å². The molecule has 0 bridgehead atoms. The number of sulfonamides is 1. The number of aryl methyl sites for hydroxylation is 1. The molecule has 1 aromatic heterocycles. The molecule has 1 amide bonds. The topological polar surface area (TPSA) is 106 Å². The van der Waals surface area contributed by atoms with E-state index in [1.807, 2.05) is 0 Å². The van der Waals surface area contributed by atoms with Crippen molar-refractivity contribution < 1.29 is 22.7 Å². The van der Waals surface area contributed by atoms with Crippen molar-refractivity contribution in [3.05, 3.63) is 40.4 Å². The van der Waals surface area contributed by atoms with E-state index < -0.39 is 15.9 Å². The van der Waals surface area contributed by atoms with Crippen LogP contribution in [0.2, 0.25) is 0 Å². The number of ether oxygens (including phenoxy) is 1. The lowest BCUT2D eigenvalue weighted by molar-refractivity contribution is 0.0978. The third kappa shape index (κ3) is 4.89. The summed E-state index contributed by atoms with van der Waals surface area (Å²) in [7, 11) is -2.14. The number of hydrogen-bond acceptors (Lipinski definition) is 7. The van der Waals surface area contributed by atoms with E-state index in [2.05, 4.69) is 10.3 Å². The molecule has 10 heteroatoms. The molecule has 29 heavy (non-hydrogen) atoms.